The lowest BCUT2D eigenvalue weighted by molar-refractivity contribution is 0.0265. The van der Waals surface area contributed by atoms with Gasteiger partial charge in [-0.1, -0.05) is 6.08 Å². The van der Waals surface area contributed by atoms with Gasteiger partial charge in [-0.25, -0.2) is 4.79 Å². The fourth-order valence-corrected chi connectivity index (χ4v) is 2.70. The van der Waals surface area contributed by atoms with Crippen LogP contribution in [0.2, 0.25) is 0 Å². The van der Waals surface area contributed by atoms with E-state index in [9.17, 15) is 4.79 Å². The third-order valence-electron chi connectivity index (χ3n) is 3.29. The minimum atomic E-state index is -0.462. The molecule has 2 heterocycles. The van der Waals surface area contributed by atoms with Crippen molar-refractivity contribution < 1.29 is 9.53 Å². The quantitative estimate of drug-likeness (QED) is 0.709. The Kier molecular flexibility index (Phi) is 4.66. The van der Waals surface area contributed by atoms with Crippen LogP contribution in [0.15, 0.2) is 34.1 Å². The average Bonchev–Trinajstić information content (AvgIpc) is 2.37. The Morgan fingerprint density at radius 1 is 1.52 bits per heavy atom. The molecule has 0 bridgehead atoms. The van der Waals surface area contributed by atoms with Crippen LogP contribution < -0.4 is 11.1 Å². The summed E-state index contributed by atoms with van der Waals surface area (Å²) in [6.07, 6.45) is 6.38. The SMILES string of the molecule is CC(C)(C)OC(=O)N1CC=C(C2NC=C(Br)C=C2N)CC1. The maximum Gasteiger partial charge on any atom is 0.410 e. The van der Waals surface area contributed by atoms with Crippen LogP contribution in [-0.2, 0) is 4.74 Å². The van der Waals surface area contributed by atoms with Gasteiger partial charge in [0.25, 0.3) is 0 Å². The smallest absolute Gasteiger partial charge is 0.410 e. The lowest BCUT2D eigenvalue weighted by Gasteiger charge is -2.32. The van der Waals surface area contributed by atoms with Gasteiger partial charge in [0.15, 0.2) is 0 Å². The third-order valence-corrected chi connectivity index (χ3v) is 3.75. The van der Waals surface area contributed by atoms with Crippen molar-refractivity contribution in [2.45, 2.75) is 38.8 Å². The number of nitrogens with one attached hydrogen (secondary N) is 1. The predicted molar refractivity (Wildman–Crippen MR) is 86.7 cm³/mol. The molecular formula is C15H22BrN3O2. The zero-order chi connectivity index (χ0) is 15.6. The molecule has 0 aromatic carbocycles. The normalized spacial score (nSPS) is 22.8. The summed E-state index contributed by atoms with van der Waals surface area (Å²) >= 11 is 3.39. The number of allylic oxidation sites excluding steroid dienone is 2. The zero-order valence-electron chi connectivity index (χ0n) is 12.6. The van der Waals surface area contributed by atoms with Crippen molar-refractivity contribution >= 4 is 22.0 Å². The van der Waals surface area contributed by atoms with Crippen LogP contribution in [0.1, 0.15) is 27.2 Å². The van der Waals surface area contributed by atoms with Gasteiger partial charge in [0.2, 0.25) is 0 Å². The molecule has 21 heavy (non-hydrogen) atoms. The summed E-state index contributed by atoms with van der Waals surface area (Å²) in [4.78, 5) is 13.7. The van der Waals surface area contributed by atoms with Gasteiger partial charge in [-0.2, -0.15) is 0 Å². The number of amides is 1. The first-order valence-electron chi connectivity index (χ1n) is 7.02. The second kappa shape index (κ2) is 6.13. The van der Waals surface area contributed by atoms with E-state index in [0.717, 1.165) is 16.6 Å². The standard InChI is InChI=1S/C15H22BrN3O2/c1-15(2,3)21-14(20)19-6-4-10(5-7-19)13-12(17)8-11(16)9-18-13/h4,8-9,13,18H,5-7,17H2,1-3H3. The molecular weight excluding hydrogens is 334 g/mol. The molecule has 2 aliphatic heterocycles. The number of carbonyl (C=O) groups excluding carboxylic acids is 1. The molecule has 3 N–H and O–H groups in total. The fourth-order valence-electron chi connectivity index (χ4n) is 2.30. The van der Waals surface area contributed by atoms with Crippen molar-refractivity contribution in [3.05, 3.63) is 34.1 Å². The Morgan fingerprint density at radius 2 is 2.24 bits per heavy atom. The van der Waals surface area contributed by atoms with Gasteiger partial charge in [-0.3, -0.25) is 0 Å². The first kappa shape index (κ1) is 15.9. The monoisotopic (exact) mass is 355 g/mol. The van der Waals surface area contributed by atoms with E-state index in [-0.39, 0.29) is 12.1 Å². The van der Waals surface area contributed by atoms with E-state index in [2.05, 4.69) is 27.3 Å². The number of nitrogens with two attached hydrogens (primary N) is 1. The van der Waals surface area contributed by atoms with Crippen molar-refractivity contribution in [3.8, 4) is 0 Å². The van der Waals surface area contributed by atoms with Crippen LogP contribution in [0, 0.1) is 0 Å². The number of rotatable bonds is 1. The molecule has 0 saturated heterocycles. The maximum absolute atomic E-state index is 12.0. The molecule has 2 aliphatic rings. The number of dihydropyridines is 1. The molecule has 0 fully saturated rings. The highest BCUT2D eigenvalue weighted by molar-refractivity contribution is 9.11. The Balaban J connectivity index is 1.97. The van der Waals surface area contributed by atoms with E-state index in [1.165, 1.54) is 5.57 Å². The van der Waals surface area contributed by atoms with Gasteiger partial charge >= 0.3 is 6.09 Å². The highest BCUT2D eigenvalue weighted by Crippen LogP contribution is 2.23. The minimum Gasteiger partial charge on any atom is -0.444 e. The van der Waals surface area contributed by atoms with Crippen molar-refractivity contribution in [1.29, 1.82) is 0 Å². The van der Waals surface area contributed by atoms with E-state index in [4.69, 9.17) is 10.5 Å². The van der Waals surface area contributed by atoms with E-state index in [1.54, 1.807) is 4.90 Å². The molecule has 0 aromatic heterocycles. The molecule has 1 amide bonds. The molecule has 116 valence electrons. The van der Waals surface area contributed by atoms with Gasteiger partial charge in [0, 0.05) is 29.5 Å². The summed E-state index contributed by atoms with van der Waals surface area (Å²) in [6.45, 7) is 6.82. The molecule has 2 rings (SSSR count). The van der Waals surface area contributed by atoms with Crippen molar-refractivity contribution in [1.82, 2.24) is 10.2 Å². The predicted octanol–water partition coefficient (Wildman–Crippen LogP) is 2.60. The third kappa shape index (κ3) is 4.27. The number of hydrogen-bond donors (Lipinski definition) is 2. The number of hydrogen-bond acceptors (Lipinski definition) is 4. The highest BCUT2D eigenvalue weighted by atomic mass is 79.9. The lowest BCUT2D eigenvalue weighted by Crippen LogP contribution is -2.42. The summed E-state index contributed by atoms with van der Waals surface area (Å²) in [5.41, 5.74) is 7.58. The van der Waals surface area contributed by atoms with Crippen LogP contribution in [0.25, 0.3) is 0 Å². The second-order valence-corrected chi connectivity index (χ2v) is 7.14. The van der Waals surface area contributed by atoms with Gasteiger partial charge in [0.1, 0.15) is 5.60 Å². The van der Waals surface area contributed by atoms with Gasteiger partial charge in [-0.15, -0.1) is 0 Å². The molecule has 0 spiro atoms. The lowest BCUT2D eigenvalue weighted by atomic mass is 9.96. The number of halogens is 1. The molecule has 0 aliphatic carbocycles. The summed E-state index contributed by atoms with van der Waals surface area (Å²) < 4.78 is 6.32. The molecule has 0 saturated carbocycles. The van der Waals surface area contributed by atoms with Gasteiger partial charge in [0.05, 0.1) is 6.04 Å². The van der Waals surface area contributed by atoms with E-state index < -0.39 is 5.60 Å². The van der Waals surface area contributed by atoms with Crippen molar-refractivity contribution in [2.24, 2.45) is 5.73 Å². The Bertz CT molecular complexity index is 518. The number of nitrogens with zero attached hydrogens (tertiary/aromatic N) is 1. The summed E-state index contributed by atoms with van der Waals surface area (Å²) in [5.74, 6) is 0. The van der Waals surface area contributed by atoms with Gasteiger partial charge in [-0.05, 0) is 54.8 Å². The molecule has 1 atom stereocenters. The molecule has 1 unspecified atom stereocenters. The van der Waals surface area contributed by atoms with E-state index >= 15 is 0 Å². The first-order valence-corrected chi connectivity index (χ1v) is 7.81. The van der Waals surface area contributed by atoms with E-state index in [1.807, 2.05) is 33.0 Å². The summed E-state index contributed by atoms with van der Waals surface area (Å²) in [7, 11) is 0. The average molecular weight is 356 g/mol. The number of ether oxygens (including phenoxy) is 1. The van der Waals surface area contributed by atoms with Crippen molar-refractivity contribution in [2.75, 3.05) is 13.1 Å². The molecule has 0 radical (unpaired) electrons. The summed E-state index contributed by atoms with van der Waals surface area (Å²) in [5, 5.41) is 3.27. The van der Waals surface area contributed by atoms with Gasteiger partial charge < -0.3 is 20.7 Å². The fraction of sp³-hybridized carbons (Fsp3) is 0.533. The first-order chi connectivity index (χ1) is 9.76. The number of carbonyl (C=O) groups is 1. The molecule has 5 nitrogen and oxygen atoms in total. The van der Waals surface area contributed by atoms with Crippen LogP contribution in [-0.4, -0.2) is 35.7 Å². The Morgan fingerprint density at radius 3 is 2.76 bits per heavy atom. The zero-order valence-corrected chi connectivity index (χ0v) is 14.2. The van der Waals surface area contributed by atoms with Crippen LogP contribution >= 0.6 is 15.9 Å². The van der Waals surface area contributed by atoms with Crippen LogP contribution in [0.5, 0.6) is 0 Å². The minimum absolute atomic E-state index is 0.0205. The van der Waals surface area contributed by atoms with Crippen LogP contribution in [0.4, 0.5) is 4.79 Å². The molecule has 6 heteroatoms. The largest absolute Gasteiger partial charge is 0.444 e. The summed E-state index contributed by atoms with van der Waals surface area (Å²) in [6, 6.07) is 0.0205. The molecule has 0 aromatic rings. The Hall–Kier alpha value is -1.43. The second-order valence-electron chi connectivity index (χ2n) is 6.23. The van der Waals surface area contributed by atoms with Crippen LogP contribution in [0.3, 0.4) is 0 Å². The highest BCUT2D eigenvalue weighted by Gasteiger charge is 2.26. The Labute approximate surface area is 134 Å². The topological polar surface area (TPSA) is 67.6 Å². The van der Waals surface area contributed by atoms with Crippen molar-refractivity contribution in [3.63, 3.8) is 0 Å². The maximum atomic E-state index is 12.0. The van der Waals surface area contributed by atoms with E-state index in [0.29, 0.717) is 13.1 Å².